The summed E-state index contributed by atoms with van der Waals surface area (Å²) in [5.41, 5.74) is -1.63. The van der Waals surface area contributed by atoms with Crippen molar-refractivity contribution in [1.82, 2.24) is 4.98 Å². The summed E-state index contributed by atoms with van der Waals surface area (Å²) in [6.45, 7) is -0.697. The quantitative estimate of drug-likeness (QED) is 0.502. The van der Waals surface area contributed by atoms with Crippen LogP contribution in [0.3, 0.4) is 0 Å². The lowest BCUT2D eigenvalue weighted by Crippen LogP contribution is -2.31. The molecular formula is C15H18ClF4N. The van der Waals surface area contributed by atoms with E-state index in [0.717, 1.165) is 44.2 Å². The van der Waals surface area contributed by atoms with Gasteiger partial charge in [-0.2, -0.15) is 13.2 Å². The molecule has 0 bridgehead atoms. The zero-order valence-corrected chi connectivity index (χ0v) is 12.4. The van der Waals surface area contributed by atoms with E-state index in [4.69, 9.17) is 11.6 Å². The monoisotopic (exact) mass is 323 g/mol. The number of hydrogen-bond donors (Lipinski definition) is 0. The number of hydrogen-bond acceptors (Lipinski definition) is 1. The van der Waals surface area contributed by atoms with Gasteiger partial charge >= 0.3 is 6.18 Å². The topological polar surface area (TPSA) is 12.9 Å². The van der Waals surface area contributed by atoms with Crippen LogP contribution in [-0.2, 0) is 11.6 Å². The van der Waals surface area contributed by atoms with Crippen molar-refractivity contribution >= 4 is 11.6 Å². The minimum atomic E-state index is -4.50. The smallest absolute Gasteiger partial charge is 0.250 e. The van der Waals surface area contributed by atoms with Crippen molar-refractivity contribution in [3.63, 3.8) is 0 Å². The van der Waals surface area contributed by atoms with Crippen molar-refractivity contribution in [3.05, 3.63) is 28.5 Å². The SMILES string of the molecule is FCC1(c2cc(C(F)(F)F)cc(Cl)n2)CCCCCCC1. The first kappa shape index (κ1) is 16.5. The van der Waals surface area contributed by atoms with Crippen LogP contribution in [0, 0.1) is 0 Å². The predicted octanol–water partition coefficient (Wildman–Crippen LogP) is 5.71. The molecule has 0 unspecified atom stereocenters. The van der Waals surface area contributed by atoms with Crippen LogP contribution >= 0.6 is 11.6 Å². The number of halogens is 5. The zero-order valence-electron chi connectivity index (χ0n) is 11.6. The Morgan fingerprint density at radius 1 is 1.05 bits per heavy atom. The van der Waals surface area contributed by atoms with Gasteiger partial charge in [0.2, 0.25) is 0 Å². The maximum atomic E-state index is 13.7. The van der Waals surface area contributed by atoms with Gasteiger partial charge in [-0.15, -0.1) is 0 Å². The molecule has 0 amide bonds. The Morgan fingerprint density at radius 3 is 2.14 bits per heavy atom. The fourth-order valence-electron chi connectivity index (χ4n) is 2.97. The first-order valence-corrected chi connectivity index (χ1v) is 7.56. The molecule has 1 heterocycles. The molecular weight excluding hydrogens is 306 g/mol. The van der Waals surface area contributed by atoms with E-state index >= 15 is 0 Å². The Balaban J connectivity index is 2.42. The summed E-state index contributed by atoms with van der Waals surface area (Å²) in [4.78, 5) is 4.01. The minimum absolute atomic E-state index is 0.145. The van der Waals surface area contributed by atoms with E-state index in [1.54, 1.807) is 0 Å². The molecule has 1 aromatic heterocycles. The Morgan fingerprint density at radius 2 is 1.62 bits per heavy atom. The van der Waals surface area contributed by atoms with Crippen LogP contribution < -0.4 is 0 Å². The molecule has 1 fully saturated rings. The summed E-state index contributed by atoms with van der Waals surface area (Å²) >= 11 is 5.73. The highest BCUT2D eigenvalue weighted by Gasteiger charge is 2.38. The molecule has 6 heteroatoms. The summed E-state index contributed by atoms with van der Waals surface area (Å²) in [6.07, 6.45) is 1.21. The summed E-state index contributed by atoms with van der Waals surface area (Å²) in [6, 6.07) is 1.76. The second kappa shape index (κ2) is 6.51. The lowest BCUT2D eigenvalue weighted by molar-refractivity contribution is -0.137. The Bertz CT molecular complexity index is 479. The maximum absolute atomic E-state index is 13.7. The van der Waals surface area contributed by atoms with E-state index < -0.39 is 23.8 Å². The molecule has 0 radical (unpaired) electrons. The molecule has 1 saturated carbocycles. The Kier molecular flexibility index (Phi) is 5.12. The third kappa shape index (κ3) is 3.87. The van der Waals surface area contributed by atoms with Crippen molar-refractivity contribution in [2.75, 3.05) is 6.67 Å². The van der Waals surface area contributed by atoms with Gasteiger partial charge in [-0.1, -0.05) is 43.7 Å². The summed E-state index contributed by atoms with van der Waals surface area (Å²) in [5, 5.41) is -0.227. The van der Waals surface area contributed by atoms with Gasteiger partial charge in [0.05, 0.1) is 11.3 Å². The van der Waals surface area contributed by atoms with Crippen LogP contribution in [0.4, 0.5) is 17.6 Å². The van der Waals surface area contributed by atoms with Crippen LogP contribution in [0.2, 0.25) is 5.15 Å². The van der Waals surface area contributed by atoms with Crippen molar-refractivity contribution in [1.29, 1.82) is 0 Å². The molecule has 1 aromatic rings. The van der Waals surface area contributed by atoms with Crippen LogP contribution in [0.15, 0.2) is 12.1 Å². The van der Waals surface area contributed by atoms with Crippen molar-refractivity contribution in [2.24, 2.45) is 0 Å². The molecule has 1 aliphatic rings. The second-order valence-electron chi connectivity index (χ2n) is 5.74. The second-order valence-corrected chi connectivity index (χ2v) is 6.13. The van der Waals surface area contributed by atoms with Crippen molar-refractivity contribution in [3.8, 4) is 0 Å². The third-order valence-electron chi connectivity index (χ3n) is 4.23. The number of pyridine rings is 1. The van der Waals surface area contributed by atoms with E-state index in [-0.39, 0.29) is 10.8 Å². The minimum Gasteiger partial charge on any atom is -0.250 e. The molecule has 0 spiro atoms. The first-order chi connectivity index (χ1) is 9.87. The fourth-order valence-corrected chi connectivity index (χ4v) is 3.18. The molecule has 21 heavy (non-hydrogen) atoms. The molecule has 1 aliphatic carbocycles. The number of aromatic nitrogens is 1. The Hall–Kier alpha value is -0.840. The first-order valence-electron chi connectivity index (χ1n) is 7.19. The van der Waals surface area contributed by atoms with Crippen LogP contribution in [-0.4, -0.2) is 11.7 Å². The highest BCUT2D eigenvalue weighted by molar-refractivity contribution is 6.29. The van der Waals surface area contributed by atoms with E-state index in [2.05, 4.69) is 4.98 Å². The summed E-state index contributed by atoms with van der Waals surface area (Å²) < 4.78 is 52.5. The van der Waals surface area contributed by atoms with Crippen LogP contribution in [0.1, 0.15) is 56.2 Å². The normalized spacial score (nSPS) is 19.9. The van der Waals surface area contributed by atoms with Gasteiger partial charge in [-0.05, 0) is 25.0 Å². The molecule has 1 nitrogen and oxygen atoms in total. The fraction of sp³-hybridized carbons (Fsp3) is 0.667. The summed E-state index contributed by atoms with van der Waals surface area (Å²) in [7, 11) is 0. The number of nitrogens with zero attached hydrogens (tertiary/aromatic N) is 1. The molecule has 0 aliphatic heterocycles. The Labute approximate surface area is 126 Å². The highest BCUT2D eigenvalue weighted by atomic mass is 35.5. The lowest BCUT2D eigenvalue weighted by Gasteiger charge is -2.32. The van der Waals surface area contributed by atoms with Gasteiger partial charge in [0.15, 0.2) is 0 Å². The van der Waals surface area contributed by atoms with Crippen molar-refractivity contribution in [2.45, 2.75) is 56.5 Å². The molecule has 0 atom stereocenters. The van der Waals surface area contributed by atoms with E-state index in [1.807, 2.05) is 0 Å². The van der Waals surface area contributed by atoms with E-state index in [0.29, 0.717) is 12.8 Å². The van der Waals surface area contributed by atoms with Gasteiger partial charge in [0, 0.05) is 5.41 Å². The lowest BCUT2D eigenvalue weighted by atomic mass is 9.74. The molecule has 0 aromatic carbocycles. The molecule has 0 N–H and O–H groups in total. The number of rotatable bonds is 2. The largest absolute Gasteiger partial charge is 0.416 e. The standard InChI is InChI=1S/C15H18ClF4N/c16-13-9-11(15(18,19)20)8-12(21-13)14(10-17)6-4-2-1-3-5-7-14/h8-9H,1-7,10H2. The third-order valence-corrected chi connectivity index (χ3v) is 4.42. The number of alkyl halides is 4. The maximum Gasteiger partial charge on any atom is 0.416 e. The molecule has 0 saturated heterocycles. The van der Waals surface area contributed by atoms with Crippen LogP contribution in [0.5, 0.6) is 0 Å². The van der Waals surface area contributed by atoms with Gasteiger partial charge in [-0.25, -0.2) is 4.98 Å². The van der Waals surface area contributed by atoms with E-state index in [9.17, 15) is 17.6 Å². The van der Waals surface area contributed by atoms with E-state index in [1.165, 1.54) is 0 Å². The van der Waals surface area contributed by atoms with Crippen molar-refractivity contribution < 1.29 is 17.6 Å². The zero-order chi connectivity index (χ0) is 15.5. The van der Waals surface area contributed by atoms with Gasteiger partial charge in [0.1, 0.15) is 11.8 Å². The summed E-state index contributed by atoms with van der Waals surface area (Å²) in [5.74, 6) is 0. The van der Waals surface area contributed by atoms with Gasteiger partial charge in [0.25, 0.3) is 0 Å². The average molecular weight is 324 g/mol. The van der Waals surface area contributed by atoms with Gasteiger partial charge < -0.3 is 0 Å². The average Bonchev–Trinajstić information content (AvgIpc) is 2.37. The predicted molar refractivity (Wildman–Crippen MR) is 74.2 cm³/mol. The van der Waals surface area contributed by atoms with Crippen LogP contribution in [0.25, 0.3) is 0 Å². The molecule has 2 rings (SSSR count). The highest BCUT2D eigenvalue weighted by Crippen LogP contribution is 2.40. The van der Waals surface area contributed by atoms with Gasteiger partial charge in [-0.3, -0.25) is 4.39 Å². The molecule has 118 valence electrons.